The van der Waals surface area contributed by atoms with Crippen molar-refractivity contribution in [3.05, 3.63) is 45.9 Å². The molecule has 6 heteroatoms. The topological polar surface area (TPSA) is 47.8 Å². The molecule has 1 aromatic carbocycles. The number of fused-ring (bicyclic) bond motifs is 1. The molecule has 0 radical (unpaired) electrons. The summed E-state index contributed by atoms with van der Waals surface area (Å²) in [5.41, 5.74) is 1.73. The van der Waals surface area contributed by atoms with E-state index in [0.717, 1.165) is 16.7 Å². The van der Waals surface area contributed by atoms with Crippen LogP contribution in [0.3, 0.4) is 0 Å². The van der Waals surface area contributed by atoms with Crippen molar-refractivity contribution < 1.29 is 0 Å². The number of aromatic nitrogens is 3. The van der Waals surface area contributed by atoms with E-state index in [0.29, 0.717) is 5.69 Å². The Hall–Kier alpha value is -1.27. The fourth-order valence-electron chi connectivity index (χ4n) is 2.09. The van der Waals surface area contributed by atoms with E-state index in [-0.39, 0.29) is 11.6 Å². The van der Waals surface area contributed by atoms with Crippen LogP contribution < -0.4 is 5.56 Å². The van der Waals surface area contributed by atoms with Crippen molar-refractivity contribution >= 4 is 23.5 Å². The summed E-state index contributed by atoms with van der Waals surface area (Å²) in [4.78, 5) is 13.4. The molecule has 3 rings (SSSR count). The third-order valence-corrected chi connectivity index (χ3v) is 5.50. The van der Waals surface area contributed by atoms with Gasteiger partial charge in [0.1, 0.15) is 5.69 Å². The Kier molecular flexibility index (Phi) is 3.85. The Bertz CT molecular complexity index is 682. The van der Waals surface area contributed by atoms with Gasteiger partial charge in [0, 0.05) is 16.4 Å². The molecule has 0 spiro atoms. The molecule has 0 aliphatic carbocycles. The molecule has 0 saturated heterocycles. The molecule has 1 aliphatic heterocycles. The van der Waals surface area contributed by atoms with Gasteiger partial charge < -0.3 is 0 Å². The van der Waals surface area contributed by atoms with Gasteiger partial charge in [-0.25, -0.2) is 0 Å². The van der Waals surface area contributed by atoms with Gasteiger partial charge in [-0.15, -0.1) is 22.0 Å². The van der Waals surface area contributed by atoms with Gasteiger partial charge >= 0.3 is 0 Å². The second-order valence-corrected chi connectivity index (χ2v) is 6.91. The number of hydrogen-bond acceptors (Lipinski definition) is 5. The van der Waals surface area contributed by atoms with Gasteiger partial charge in [0.15, 0.2) is 5.16 Å². The first-order valence-corrected chi connectivity index (χ1v) is 8.40. The van der Waals surface area contributed by atoms with Crippen LogP contribution in [-0.2, 0) is 0 Å². The average Bonchev–Trinajstić information content (AvgIpc) is 2.86. The van der Waals surface area contributed by atoms with Gasteiger partial charge in [-0.3, -0.25) is 9.36 Å². The number of benzene rings is 1. The maximum absolute atomic E-state index is 12.2. The van der Waals surface area contributed by atoms with Crippen molar-refractivity contribution in [2.24, 2.45) is 0 Å². The predicted molar refractivity (Wildman–Crippen MR) is 82.7 cm³/mol. The second-order valence-electron chi connectivity index (χ2n) is 4.83. The normalized spacial score (nSPS) is 17.2. The molecule has 0 fully saturated rings. The summed E-state index contributed by atoms with van der Waals surface area (Å²) in [6, 6.07) is 8.68. The Morgan fingerprint density at radius 3 is 2.80 bits per heavy atom. The van der Waals surface area contributed by atoms with Crippen LogP contribution >= 0.6 is 23.5 Å². The lowest BCUT2D eigenvalue weighted by Gasteiger charge is -2.12. The molecule has 2 aromatic rings. The first-order valence-electron chi connectivity index (χ1n) is 6.43. The molecule has 0 bridgehead atoms. The van der Waals surface area contributed by atoms with Crippen molar-refractivity contribution in [1.29, 1.82) is 0 Å². The Morgan fingerprint density at radius 1 is 1.30 bits per heavy atom. The van der Waals surface area contributed by atoms with Crippen LogP contribution in [0, 0.1) is 13.8 Å². The molecule has 2 heterocycles. The van der Waals surface area contributed by atoms with Crippen molar-refractivity contribution in [2.75, 3.05) is 11.5 Å². The van der Waals surface area contributed by atoms with E-state index in [1.807, 2.05) is 0 Å². The highest BCUT2D eigenvalue weighted by Gasteiger charge is 2.26. The van der Waals surface area contributed by atoms with E-state index < -0.39 is 0 Å². The number of nitrogens with zero attached hydrogens (tertiary/aromatic N) is 3. The molecule has 4 nitrogen and oxygen atoms in total. The fraction of sp³-hybridized carbons (Fsp3) is 0.357. The minimum absolute atomic E-state index is 0.00509. The lowest BCUT2D eigenvalue weighted by molar-refractivity contribution is 0.526. The van der Waals surface area contributed by atoms with E-state index in [1.165, 1.54) is 10.5 Å². The van der Waals surface area contributed by atoms with Gasteiger partial charge in [0.05, 0.1) is 6.04 Å². The molecule has 1 aliphatic rings. The highest BCUT2D eigenvalue weighted by Crippen LogP contribution is 2.33. The summed E-state index contributed by atoms with van der Waals surface area (Å²) in [5.74, 6) is 1.78. The quantitative estimate of drug-likeness (QED) is 0.816. The van der Waals surface area contributed by atoms with Crippen LogP contribution in [0.25, 0.3) is 0 Å². The van der Waals surface area contributed by atoms with Gasteiger partial charge in [0.25, 0.3) is 5.56 Å². The zero-order chi connectivity index (χ0) is 14.1. The Balaban J connectivity index is 1.77. The lowest BCUT2D eigenvalue weighted by Crippen LogP contribution is -2.28. The van der Waals surface area contributed by atoms with E-state index in [1.54, 1.807) is 35.0 Å². The Labute approximate surface area is 126 Å². The van der Waals surface area contributed by atoms with Crippen LogP contribution in [0.2, 0.25) is 0 Å². The maximum atomic E-state index is 12.2. The largest absolute Gasteiger partial charge is 0.280 e. The highest BCUT2D eigenvalue weighted by molar-refractivity contribution is 8.00. The molecule has 0 saturated carbocycles. The van der Waals surface area contributed by atoms with Gasteiger partial charge in [-0.05, 0) is 26.0 Å². The van der Waals surface area contributed by atoms with Crippen LogP contribution in [-0.4, -0.2) is 26.3 Å². The molecule has 1 aromatic heterocycles. The number of rotatable bonds is 3. The molecule has 0 N–H and O–H groups in total. The third kappa shape index (κ3) is 2.62. The smallest absolute Gasteiger partial charge is 0.276 e. The zero-order valence-corrected chi connectivity index (χ0v) is 13.0. The average molecular weight is 305 g/mol. The minimum atomic E-state index is -0.00509. The Morgan fingerprint density at radius 2 is 2.05 bits per heavy atom. The van der Waals surface area contributed by atoms with Crippen molar-refractivity contribution in [1.82, 2.24) is 14.8 Å². The van der Waals surface area contributed by atoms with Crippen LogP contribution in [0.1, 0.15) is 17.3 Å². The van der Waals surface area contributed by atoms with Crippen LogP contribution in [0.15, 0.2) is 39.1 Å². The lowest BCUT2D eigenvalue weighted by atomic mass is 10.2. The van der Waals surface area contributed by atoms with E-state index >= 15 is 0 Å². The molecule has 20 heavy (non-hydrogen) atoms. The van der Waals surface area contributed by atoms with E-state index in [9.17, 15) is 4.79 Å². The molecule has 1 atom stereocenters. The summed E-state index contributed by atoms with van der Waals surface area (Å²) in [6.07, 6.45) is 0. The summed E-state index contributed by atoms with van der Waals surface area (Å²) in [6.45, 7) is 3.80. The third-order valence-electron chi connectivity index (χ3n) is 3.25. The highest BCUT2D eigenvalue weighted by atomic mass is 32.2. The van der Waals surface area contributed by atoms with Crippen molar-refractivity contribution in [3.8, 4) is 0 Å². The first-order chi connectivity index (χ1) is 9.65. The first kappa shape index (κ1) is 13.7. The molecular formula is C14H15N3OS2. The summed E-state index contributed by atoms with van der Waals surface area (Å²) in [7, 11) is 0. The number of hydrogen-bond donors (Lipinski definition) is 0. The van der Waals surface area contributed by atoms with E-state index in [2.05, 4.69) is 41.4 Å². The van der Waals surface area contributed by atoms with Crippen molar-refractivity contribution in [2.45, 2.75) is 29.9 Å². The van der Waals surface area contributed by atoms with Crippen LogP contribution in [0.5, 0.6) is 0 Å². The fourth-order valence-corrected chi connectivity index (χ4v) is 4.29. The molecule has 104 valence electrons. The van der Waals surface area contributed by atoms with Gasteiger partial charge in [0.2, 0.25) is 0 Å². The summed E-state index contributed by atoms with van der Waals surface area (Å²) >= 11 is 3.40. The standard InChI is InChI=1S/C14H15N3OS2/c1-9-3-5-12(6-4-9)19-7-11-8-20-14-16-15-10(2)13(18)17(11)14/h3-6,11H,7-8H2,1-2H3/t11-/m1/s1. The van der Waals surface area contributed by atoms with Crippen molar-refractivity contribution in [3.63, 3.8) is 0 Å². The SMILES string of the molecule is Cc1ccc(SC[C@@H]2CSc3nnc(C)c(=O)n32)cc1. The second kappa shape index (κ2) is 5.61. The van der Waals surface area contributed by atoms with Crippen LogP contribution in [0.4, 0.5) is 0 Å². The maximum Gasteiger partial charge on any atom is 0.276 e. The molecule has 0 unspecified atom stereocenters. The summed E-state index contributed by atoms with van der Waals surface area (Å²) < 4.78 is 1.80. The van der Waals surface area contributed by atoms with E-state index in [4.69, 9.17) is 0 Å². The van der Waals surface area contributed by atoms with Gasteiger partial charge in [-0.2, -0.15) is 0 Å². The number of thioether (sulfide) groups is 2. The number of aryl methyl sites for hydroxylation is 2. The molecular weight excluding hydrogens is 290 g/mol. The van der Waals surface area contributed by atoms with Gasteiger partial charge in [-0.1, -0.05) is 29.5 Å². The molecule has 0 amide bonds. The zero-order valence-electron chi connectivity index (χ0n) is 11.4. The monoisotopic (exact) mass is 305 g/mol. The minimum Gasteiger partial charge on any atom is -0.280 e. The summed E-state index contributed by atoms with van der Waals surface area (Å²) in [5, 5.41) is 8.75. The predicted octanol–water partition coefficient (Wildman–Crippen LogP) is 2.69.